The fourth-order valence-electron chi connectivity index (χ4n) is 3.76. The minimum absolute atomic E-state index is 0. The molecule has 0 unspecified atom stereocenters. The summed E-state index contributed by atoms with van der Waals surface area (Å²) in [6, 6.07) is 17.7. The second-order valence-electron chi connectivity index (χ2n) is 7.11. The van der Waals surface area contributed by atoms with Gasteiger partial charge in [-0.15, -0.1) is 0 Å². The SMILES string of the molecule is COc1ccc2c(c1)nc(-c1cccc(-c3nc4cc(OC)ccc4n3C)n1)n2C.[Cl-].[Cl-].[Cl-].[Co+3]. The van der Waals surface area contributed by atoms with Crippen molar-refractivity contribution in [1.82, 2.24) is 24.1 Å². The van der Waals surface area contributed by atoms with Crippen molar-refractivity contribution in [2.24, 2.45) is 14.1 Å². The third-order valence-corrected chi connectivity index (χ3v) is 5.38. The zero-order chi connectivity index (χ0) is 20.8. The molecule has 0 saturated heterocycles. The summed E-state index contributed by atoms with van der Waals surface area (Å²) in [7, 11) is 7.30. The van der Waals surface area contributed by atoms with E-state index in [4.69, 9.17) is 24.4 Å². The summed E-state index contributed by atoms with van der Waals surface area (Å²) in [4.78, 5) is 14.5. The number of halogens is 3. The van der Waals surface area contributed by atoms with Crippen LogP contribution >= 0.6 is 0 Å². The number of hydrogen-bond donors (Lipinski definition) is 0. The van der Waals surface area contributed by atoms with Crippen molar-refractivity contribution in [3.63, 3.8) is 0 Å². The van der Waals surface area contributed by atoms with E-state index in [1.807, 2.05) is 77.8 Å². The fraction of sp³-hybridized carbons (Fsp3) is 0.174. The van der Waals surface area contributed by atoms with Gasteiger partial charge >= 0.3 is 16.8 Å². The Kier molecular flexibility index (Phi) is 10.2. The van der Waals surface area contributed by atoms with Gasteiger partial charge in [0, 0.05) is 26.2 Å². The third kappa shape index (κ3) is 4.96. The maximum Gasteiger partial charge on any atom is 3.00 e. The summed E-state index contributed by atoms with van der Waals surface area (Å²) >= 11 is 0. The van der Waals surface area contributed by atoms with Crippen LogP contribution in [0.1, 0.15) is 0 Å². The Morgan fingerprint density at radius 3 is 1.41 bits per heavy atom. The third-order valence-electron chi connectivity index (χ3n) is 5.38. The first-order valence-corrected chi connectivity index (χ1v) is 9.58. The smallest absolute Gasteiger partial charge is 1.00 e. The van der Waals surface area contributed by atoms with Crippen LogP contribution in [0.4, 0.5) is 0 Å². The first-order chi connectivity index (χ1) is 14.6. The van der Waals surface area contributed by atoms with Crippen LogP contribution in [0.15, 0.2) is 54.6 Å². The van der Waals surface area contributed by atoms with Crippen LogP contribution in [0.2, 0.25) is 0 Å². The number of aryl methyl sites for hydroxylation is 2. The van der Waals surface area contributed by atoms with Gasteiger partial charge in [0.25, 0.3) is 0 Å². The zero-order valence-electron chi connectivity index (χ0n) is 18.7. The molecule has 3 aromatic heterocycles. The Labute approximate surface area is 226 Å². The van der Waals surface area contributed by atoms with Crippen molar-refractivity contribution in [3.8, 4) is 34.5 Å². The Bertz CT molecular complexity index is 1320. The van der Waals surface area contributed by atoms with Crippen LogP contribution in [-0.2, 0) is 30.9 Å². The van der Waals surface area contributed by atoms with Crippen LogP contribution in [0.25, 0.3) is 45.1 Å². The van der Waals surface area contributed by atoms with Gasteiger partial charge in [-0.1, -0.05) is 6.07 Å². The van der Waals surface area contributed by atoms with Crippen LogP contribution < -0.4 is 46.7 Å². The number of pyridine rings is 1. The number of ether oxygens (including phenoxy) is 2. The normalized spacial score (nSPS) is 10.0. The topological polar surface area (TPSA) is 67.0 Å². The summed E-state index contributed by atoms with van der Waals surface area (Å²) in [6.45, 7) is 0. The van der Waals surface area contributed by atoms with E-state index in [1.54, 1.807) is 14.2 Å². The van der Waals surface area contributed by atoms with Crippen molar-refractivity contribution >= 4 is 22.1 Å². The van der Waals surface area contributed by atoms with E-state index >= 15 is 0 Å². The predicted octanol–water partition coefficient (Wildman–Crippen LogP) is -4.78. The molecule has 5 rings (SSSR count). The second kappa shape index (κ2) is 11.8. The van der Waals surface area contributed by atoms with E-state index in [1.165, 1.54) is 0 Å². The molecule has 0 aliphatic carbocycles. The molecule has 0 amide bonds. The molecule has 5 aromatic rings. The van der Waals surface area contributed by atoms with Crippen LogP contribution in [0, 0.1) is 0 Å². The average Bonchev–Trinajstić information content (AvgIpc) is 3.30. The van der Waals surface area contributed by atoms with Crippen molar-refractivity contribution in [2.45, 2.75) is 0 Å². The summed E-state index contributed by atoms with van der Waals surface area (Å²) in [5, 5.41) is 0. The van der Waals surface area contributed by atoms with Crippen molar-refractivity contribution in [1.29, 1.82) is 0 Å². The van der Waals surface area contributed by atoms with Crippen molar-refractivity contribution in [3.05, 3.63) is 54.6 Å². The van der Waals surface area contributed by atoms with E-state index in [0.717, 1.165) is 56.6 Å². The Morgan fingerprint density at radius 2 is 1.03 bits per heavy atom. The molecule has 3 heterocycles. The number of imidazole rings is 2. The molecule has 0 fully saturated rings. The van der Waals surface area contributed by atoms with Gasteiger partial charge in [0.2, 0.25) is 0 Å². The molecule has 0 atom stereocenters. The van der Waals surface area contributed by atoms with Gasteiger partial charge in [0.05, 0.1) is 36.3 Å². The maximum atomic E-state index is 5.33. The van der Waals surface area contributed by atoms with Gasteiger partial charge in [-0.05, 0) is 36.4 Å². The van der Waals surface area contributed by atoms with Crippen LogP contribution in [0.3, 0.4) is 0 Å². The standard InChI is InChI=1S/C23H21N5O2.3ClH.Co/c1-27-20-10-8-14(29-3)12-18(20)25-22(27)16-6-5-7-17(24-16)23-26-19-13-15(30-4)9-11-21(19)28(23)2;;;;/h5-13H,1-4H3;3*1H;/q;;;;+3/p-3. The van der Waals surface area contributed by atoms with E-state index < -0.39 is 0 Å². The number of rotatable bonds is 4. The molecule has 0 spiro atoms. The first-order valence-electron chi connectivity index (χ1n) is 9.58. The molecule has 0 aliphatic rings. The molecule has 7 nitrogen and oxygen atoms in total. The molecule has 0 saturated carbocycles. The molecular formula is C23H21Cl3CoN5O2. The second-order valence-corrected chi connectivity index (χ2v) is 7.11. The fourth-order valence-corrected chi connectivity index (χ4v) is 3.76. The molecule has 0 bridgehead atoms. The number of hydrogen-bond acceptors (Lipinski definition) is 5. The van der Waals surface area contributed by atoms with Crippen molar-refractivity contribution in [2.75, 3.05) is 14.2 Å². The van der Waals surface area contributed by atoms with E-state index in [0.29, 0.717) is 0 Å². The number of fused-ring (bicyclic) bond motifs is 2. The molecular weight excluding hydrogens is 544 g/mol. The average molecular weight is 565 g/mol. The Morgan fingerprint density at radius 1 is 0.618 bits per heavy atom. The van der Waals surface area contributed by atoms with Gasteiger partial charge in [0.15, 0.2) is 11.6 Å². The van der Waals surface area contributed by atoms with Gasteiger partial charge in [-0.25, -0.2) is 15.0 Å². The summed E-state index contributed by atoms with van der Waals surface area (Å²) in [5.41, 5.74) is 5.35. The first kappa shape index (κ1) is 29.5. The van der Waals surface area contributed by atoms with Gasteiger partial charge in [-0.2, -0.15) is 0 Å². The Balaban J connectivity index is 0.00000144. The molecule has 2 aromatic carbocycles. The molecule has 180 valence electrons. The van der Waals surface area contributed by atoms with Crippen LogP contribution in [-0.4, -0.2) is 38.3 Å². The van der Waals surface area contributed by atoms with Crippen molar-refractivity contribution < 1.29 is 63.5 Å². The van der Waals surface area contributed by atoms with E-state index in [-0.39, 0.29) is 54.0 Å². The minimum atomic E-state index is 0. The summed E-state index contributed by atoms with van der Waals surface area (Å²) < 4.78 is 14.7. The molecule has 11 heteroatoms. The summed E-state index contributed by atoms with van der Waals surface area (Å²) in [6.07, 6.45) is 0. The van der Waals surface area contributed by atoms with Gasteiger partial charge < -0.3 is 55.8 Å². The molecule has 0 aliphatic heterocycles. The minimum Gasteiger partial charge on any atom is -1.00 e. The number of benzene rings is 2. The molecule has 0 radical (unpaired) electrons. The molecule has 0 N–H and O–H groups in total. The number of methoxy groups -OCH3 is 2. The Hall–Kier alpha value is -2.49. The van der Waals surface area contributed by atoms with Gasteiger partial charge in [0.1, 0.15) is 22.9 Å². The summed E-state index contributed by atoms with van der Waals surface area (Å²) in [5.74, 6) is 3.15. The largest absolute Gasteiger partial charge is 3.00 e. The van der Waals surface area contributed by atoms with E-state index in [9.17, 15) is 0 Å². The number of aromatic nitrogens is 5. The molecule has 34 heavy (non-hydrogen) atoms. The monoisotopic (exact) mass is 563 g/mol. The van der Waals surface area contributed by atoms with Gasteiger partial charge in [-0.3, -0.25) is 0 Å². The van der Waals surface area contributed by atoms with E-state index in [2.05, 4.69) is 0 Å². The zero-order valence-corrected chi connectivity index (χ0v) is 22.0. The quantitative estimate of drug-likeness (QED) is 0.219. The van der Waals surface area contributed by atoms with Crippen LogP contribution in [0.5, 0.6) is 11.5 Å². The maximum absolute atomic E-state index is 5.33. The number of nitrogens with zero attached hydrogens (tertiary/aromatic N) is 5. The predicted molar refractivity (Wildman–Crippen MR) is 117 cm³/mol.